The number of esters is 1. The third kappa shape index (κ3) is 20.8. The van der Waals surface area contributed by atoms with E-state index in [1.165, 1.54) is 0 Å². The zero-order valence-electron chi connectivity index (χ0n) is 25.2. The van der Waals surface area contributed by atoms with Crippen LogP contribution in [0.1, 0.15) is 46.5 Å². The van der Waals surface area contributed by atoms with Crippen molar-refractivity contribution in [2.75, 3.05) is 33.3 Å². The summed E-state index contributed by atoms with van der Waals surface area (Å²) in [5, 5.41) is 23.4. The molecule has 0 saturated carbocycles. The van der Waals surface area contributed by atoms with Gasteiger partial charge in [0.15, 0.2) is 0 Å². The van der Waals surface area contributed by atoms with Crippen LogP contribution in [-0.4, -0.2) is 92.8 Å². The molecule has 0 aromatic heterocycles. The molecule has 45 heavy (non-hydrogen) atoms. The highest BCUT2D eigenvalue weighted by Crippen LogP contribution is 2.08. The summed E-state index contributed by atoms with van der Waals surface area (Å²) >= 11 is 0. The number of ether oxygens (including phenoxy) is 2. The van der Waals surface area contributed by atoms with Gasteiger partial charge in [0.05, 0.1) is 13.5 Å². The lowest BCUT2D eigenvalue weighted by atomic mass is 10.1. The van der Waals surface area contributed by atoms with Gasteiger partial charge in [0.25, 0.3) is 0 Å². The maximum atomic E-state index is 12.8. The summed E-state index contributed by atoms with van der Waals surface area (Å²) in [5.74, 6) is -2.78. The van der Waals surface area contributed by atoms with Crippen LogP contribution in [0, 0.1) is 0 Å². The van der Waals surface area contributed by atoms with Gasteiger partial charge in [0, 0.05) is 89.3 Å². The fraction of sp³-hybridized carbons (Fsp3) is 0.773. The third-order valence-electron chi connectivity index (χ3n) is 5.21. The average Bonchev–Trinajstić information content (AvgIpc) is 2.94. The standard InChI is InChI=1S/C22H36N16O7/c1-22(2,3)45-21(43)34-15(11-29-37-25)7-19(41)32-13(9-27-35-23)5-17(39)31-14(10-28-36-24)6-18(40)33-16(12-30-38-26)8-20(42)44-4/h13-16H,5-12H2,1-4H3,(H,31,39)(H,32,41)(H,33,40)(H,34,43)/t13-,14-,15-,16-/m0/s1. The van der Waals surface area contributed by atoms with Crippen LogP contribution < -0.4 is 21.3 Å². The molecule has 4 N–H and O–H groups in total. The Morgan fingerprint density at radius 2 is 0.911 bits per heavy atom. The highest BCUT2D eigenvalue weighted by molar-refractivity contribution is 5.82. The van der Waals surface area contributed by atoms with Crippen LogP contribution in [0.2, 0.25) is 0 Å². The van der Waals surface area contributed by atoms with Crippen molar-refractivity contribution in [2.45, 2.75) is 76.2 Å². The van der Waals surface area contributed by atoms with E-state index in [1.54, 1.807) is 20.8 Å². The van der Waals surface area contributed by atoms with Crippen molar-refractivity contribution in [3.63, 3.8) is 0 Å². The van der Waals surface area contributed by atoms with Gasteiger partial charge in [0.1, 0.15) is 5.60 Å². The van der Waals surface area contributed by atoms with Crippen LogP contribution in [-0.2, 0) is 28.7 Å². The topological polar surface area (TPSA) is 347 Å². The minimum Gasteiger partial charge on any atom is -0.469 e. The third-order valence-corrected chi connectivity index (χ3v) is 5.21. The Labute approximate surface area is 256 Å². The van der Waals surface area contributed by atoms with Gasteiger partial charge in [-0.05, 0) is 42.9 Å². The van der Waals surface area contributed by atoms with Gasteiger partial charge in [-0.1, -0.05) is 20.5 Å². The summed E-state index contributed by atoms with van der Waals surface area (Å²) < 4.78 is 9.70. The fourth-order valence-electron chi connectivity index (χ4n) is 3.48. The molecule has 0 radical (unpaired) electrons. The molecule has 0 saturated heterocycles. The Balaban J connectivity index is 5.50. The van der Waals surface area contributed by atoms with E-state index in [-0.39, 0.29) is 32.6 Å². The quantitative estimate of drug-likeness (QED) is 0.0667. The van der Waals surface area contributed by atoms with Gasteiger partial charge in [-0.15, -0.1) is 0 Å². The summed E-state index contributed by atoms with van der Waals surface area (Å²) in [7, 11) is 1.14. The van der Waals surface area contributed by atoms with Gasteiger partial charge < -0.3 is 30.7 Å². The molecule has 0 bridgehead atoms. The lowest BCUT2D eigenvalue weighted by Crippen LogP contribution is -2.48. The molecule has 23 heteroatoms. The molecule has 0 unspecified atom stereocenters. The highest BCUT2D eigenvalue weighted by atomic mass is 16.6. The number of hydrogen-bond acceptors (Lipinski definition) is 11. The van der Waals surface area contributed by atoms with Crippen molar-refractivity contribution < 1.29 is 33.4 Å². The number of carbonyl (C=O) groups excluding carboxylic acids is 5. The predicted octanol–water partition coefficient (Wildman–Crippen LogP) is 2.31. The largest absolute Gasteiger partial charge is 0.469 e. The van der Waals surface area contributed by atoms with Gasteiger partial charge >= 0.3 is 12.1 Å². The minimum atomic E-state index is -1.04. The van der Waals surface area contributed by atoms with Crippen molar-refractivity contribution in [3.8, 4) is 0 Å². The summed E-state index contributed by atoms with van der Waals surface area (Å²) in [6.07, 6.45) is -2.41. The number of hydrogen-bond donors (Lipinski definition) is 4. The summed E-state index contributed by atoms with van der Waals surface area (Å²) in [6, 6.07) is -3.96. The van der Waals surface area contributed by atoms with E-state index in [0.29, 0.717) is 0 Å². The molecule has 23 nitrogen and oxygen atoms in total. The van der Waals surface area contributed by atoms with E-state index >= 15 is 0 Å². The van der Waals surface area contributed by atoms with E-state index in [0.717, 1.165) is 7.11 Å². The second-order valence-corrected chi connectivity index (χ2v) is 10.2. The van der Waals surface area contributed by atoms with Crippen LogP contribution in [0.15, 0.2) is 20.5 Å². The molecular formula is C22H36N16O7. The van der Waals surface area contributed by atoms with Crippen molar-refractivity contribution in [2.24, 2.45) is 20.5 Å². The molecule has 4 amide bonds. The molecule has 246 valence electrons. The number of alkyl carbamates (subject to hydrolysis) is 1. The van der Waals surface area contributed by atoms with E-state index in [2.05, 4.69) is 66.1 Å². The molecule has 0 aliphatic rings. The zero-order valence-corrected chi connectivity index (χ0v) is 25.2. The number of methoxy groups -OCH3 is 1. The number of rotatable bonds is 20. The van der Waals surface area contributed by atoms with Gasteiger partial charge in [-0.25, -0.2) is 4.79 Å². The molecule has 0 fully saturated rings. The Bertz CT molecular complexity index is 1230. The summed E-state index contributed by atoms with van der Waals surface area (Å²) in [6.45, 7) is 3.63. The van der Waals surface area contributed by atoms with Crippen LogP contribution in [0.25, 0.3) is 41.8 Å². The Hall–Kier alpha value is -5.61. The lowest BCUT2D eigenvalue weighted by molar-refractivity contribution is -0.141. The second kappa shape index (κ2) is 22.0. The molecule has 4 atom stereocenters. The number of nitrogens with one attached hydrogen (secondary N) is 4. The Kier molecular flexibility index (Phi) is 19.3. The first-order valence-electron chi connectivity index (χ1n) is 13.2. The molecule has 0 aliphatic carbocycles. The summed E-state index contributed by atoms with van der Waals surface area (Å²) in [5.41, 5.74) is 33.8. The first-order valence-corrected chi connectivity index (χ1v) is 13.2. The Morgan fingerprint density at radius 3 is 1.20 bits per heavy atom. The van der Waals surface area contributed by atoms with E-state index in [9.17, 15) is 24.0 Å². The second-order valence-electron chi connectivity index (χ2n) is 10.2. The fourth-order valence-corrected chi connectivity index (χ4v) is 3.48. The molecule has 0 rings (SSSR count). The van der Waals surface area contributed by atoms with Crippen LogP contribution in [0.3, 0.4) is 0 Å². The maximum absolute atomic E-state index is 12.8. The smallest absolute Gasteiger partial charge is 0.407 e. The van der Waals surface area contributed by atoms with Gasteiger partial charge in [-0.3, -0.25) is 19.2 Å². The predicted molar refractivity (Wildman–Crippen MR) is 155 cm³/mol. The zero-order chi connectivity index (χ0) is 34.3. The van der Waals surface area contributed by atoms with Crippen LogP contribution >= 0.6 is 0 Å². The van der Waals surface area contributed by atoms with E-state index in [4.69, 9.17) is 26.9 Å². The first kappa shape index (κ1) is 39.4. The first-order chi connectivity index (χ1) is 21.3. The van der Waals surface area contributed by atoms with E-state index in [1.807, 2.05) is 0 Å². The minimum absolute atomic E-state index is 0.261. The number of azide groups is 4. The molecule has 0 aliphatic heterocycles. The monoisotopic (exact) mass is 636 g/mol. The SMILES string of the molecule is COC(=O)C[C@@H](CN=[N+]=[N-])NC(=O)C[C@@H](CN=[N+]=[N-])NC(=O)C[C@@H](CN=[N+]=[N-])NC(=O)C[C@@H](CN=[N+]=[N-])NC(=O)OC(C)(C)C. The van der Waals surface area contributed by atoms with Crippen molar-refractivity contribution in [3.05, 3.63) is 41.8 Å². The lowest BCUT2D eigenvalue weighted by Gasteiger charge is -2.24. The molecule has 0 aromatic carbocycles. The van der Waals surface area contributed by atoms with Crippen molar-refractivity contribution >= 4 is 29.8 Å². The van der Waals surface area contributed by atoms with Crippen molar-refractivity contribution in [1.29, 1.82) is 0 Å². The molecule has 0 spiro atoms. The van der Waals surface area contributed by atoms with E-state index < -0.39 is 78.8 Å². The number of amides is 4. The Morgan fingerprint density at radius 1 is 0.600 bits per heavy atom. The number of carbonyl (C=O) groups is 5. The van der Waals surface area contributed by atoms with Crippen LogP contribution in [0.5, 0.6) is 0 Å². The molecule has 0 heterocycles. The van der Waals surface area contributed by atoms with Crippen molar-refractivity contribution in [1.82, 2.24) is 21.3 Å². The molecule has 0 aromatic rings. The highest BCUT2D eigenvalue weighted by Gasteiger charge is 2.25. The normalized spacial score (nSPS) is 12.8. The maximum Gasteiger partial charge on any atom is 0.407 e. The summed E-state index contributed by atoms with van der Waals surface area (Å²) in [4.78, 5) is 72.4. The van der Waals surface area contributed by atoms with Gasteiger partial charge in [0.2, 0.25) is 17.7 Å². The molecular weight excluding hydrogens is 600 g/mol. The number of nitrogens with zero attached hydrogens (tertiary/aromatic N) is 12. The van der Waals surface area contributed by atoms with Crippen LogP contribution in [0.4, 0.5) is 4.79 Å². The average molecular weight is 637 g/mol. The van der Waals surface area contributed by atoms with Gasteiger partial charge in [-0.2, -0.15) is 0 Å².